The fourth-order valence-electron chi connectivity index (χ4n) is 3.97. The molecule has 1 saturated heterocycles. The zero-order valence-electron chi connectivity index (χ0n) is 17.4. The molecule has 6 heteroatoms. The molecule has 0 unspecified atom stereocenters. The van der Waals surface area contributed by atoms with Crippen molar-refractivity contribution in [2.24, 2.45) is 11.8 Å². The van der Waals surface area contributed by atoms with Crippen molar-refractivity contribution in [3.8, 4) is 0 Å². The number of carbonyl (C=O) groups is 1. The number of aryl methyl sites for hydroxylation is 2. The number of piperazine rings is 1. The maximum Gasteiger partial charge on any atom is 0.243 e. The number of sulfonamides is 1. The van der Waals surface area contributed by atoms with E-state index in [1.807, 2.05) is 30.9 Å². The summed E-state index contributed by atoms with van der Waals surface area (Å²) in [6.45, 7) is 14.0. The van der Waals surface area contributed by atoms with Crippen LogP contribution in [0.25, 0.3) is 0 Å². The number of nitrogens with zero attached hydrogens (tertiary/aromatic N) is 2. The van der Waals surface area contributed by atoms with Crippen LogP contribution in [0.3, 0.4) is 0 Å². The van der Waals surface area contributed by atoms with Gasteiger partial charge in [-0.25, -0.2) is 8.42 Å². The molecule has 0 spiro atoms. The molecule has 0 bridgehead atoms. The molecule has 1 aliphatic carbocycles. The standard InChI is InChI=1S/C21H32N2O3S/c1-14-13-18(14)20(24)22-7-9-23(10-8-22)27(25,26)19-15(2)11-17(12-16(19)3)21(4,5)6/h11-12,14,18H,7-10,13H2,1-6H3/t14-,18+/m0/s1. The second-order valence-electron chi connectivity index (χ2n) is 9.24. The van der Waals surface area contributed by atoms with Crippen molar-refractivity contribution < 1.29 is 13.2 Å². The van der Waals surface area contributed by atoms with Crippen LogP contribution in [0.2, 0.25) is 0 Å². The van der Waals surface area contributed by atoms with E-state index < -0.39 is 10.0 Å². The summed E-state index contributed by atoms with van der Waals surface area (Å²) in [4.78, 5) is 14.7. The second-order valence-corrected chi connectivity index (χ2v) is 11.1. The van der Waals surface area contributed by atoms with Gasteiger partial charge in [0.1, 0.15) is 0 Å². The number of benzene rings is 1. The Hall–Kier alpha value is -1.40. The highest BCUT2D eigenvalue weighted by Gasteiger charge is 2.42. The SMILES string of the molecule is Cc1cc(C(C)(C)C)cc(C)c1S(=O)(=O)N1CCN(C(=O)[C@@H]2C[C@@H]2C)CC1. The molecule has 2 fully saturated rings. The van der Waals surface area contributed by atoms with Gasteiger partial charge in [-0.05, 0) is 48.3 Å². The Labute approximate surface area is 163 Å². The molecule has 5 nitrogen and oxygen atoms in total. The lowest BCUT2D eigenvalue weighted by atomic mass is 9.85. The highest BCUT2D eigenvalue weighted by atomic mass is 32.2. The summed E-state index contributed by atoms with van der Waals surface area (Å²) in [7, 11) is -3.55. The normalized spacial score (nSPS) is 24.1. The molecule has 3 rings (SSSR count). The Morgan fingerprint density at radius 3 is 1.93 bits per heavy atom. The summed E-state index contributed by atoms with van der Waals surface area (Å²) in [6, 6.07) is 3.99. The smallest absolute Gasteiger partial charge is 0.243 e. The average molecular weight is 393 g/mol. The van der Waals surface area contributed by atoms with Gasteiger partial charge in [-0.1, -0.05) is 39.8 Å². The Morgan fingerprint density at radius 2 is 1.52 bits per heavy atom. The molecule has 1 heterocycles. The molecule has 0 aromatic heterocycles. The average Bonchev–Trinajstić information content (AvgIpc) is 3.29. The van der Waals surface area contributed by atoms with Crippen molar-refractivity contribution in [1.29, 1.82) is 0 Å². The van der Waals surface area contributed by atoms with Gasteiger partial charge in [-0.3, -0.25) is 4.79 Å². The van der Waals surface area contributed by atoms with Gasteiger partial charge in [0.2, 0.25) is 15.9 Å². The molecule has 1 saturated carbocycles. The zero-order valence-corrected chi connectivity index (χ0v) is 18.2. The minimum Gasteiger partial charge on any atom is -0.340 e. The number of hydrogen-bond acceptors (Lipinski definition) is 3. The van der Waals surface area contributed by atoms with E-state index in [2.05, 4.69) is 27.7 Å². The third-order valence-electron chi connectivity index (χ3n) is 5.90. The molecule has 1 aromatic rings. The quantitative estimate of drug-likeness (QED) is 0.794. The number of carbonyl (C=O) groups excluding carboxylic acids is 1. The zero-order chi connectivity index (χ0) is 20.1. The van der Waals surface area contributed by atoms with Gasteiger partial charge in [0.15, 0.2) is 0 Å². The minimum atomic E-state index is -3.55. The van der Waals surface area contributed by atoms with E-state index in [0.29, 0.717) is 37.0 Å². The predicted octanol–water partition coefficient (Wildman–Crippen LogP) is 3.09. The highest BCUT2D eigenvalue weighted by molar-refractivity contribution is 7.89. The maximum absolute atomic E-state index is 13.3. The molecule has 2 atom stereocenters. The van der Waals surface area contributed by atoms with Gasteiger partial charge in [-0.2, -0.15) is 4.31 Å². The molecule has 27 heavy (non-hydrogen) atoms. The summed E-state index contributed by atoms with van der Waals surface area (Å²) >= 11 is 0. The molecule has 150 valence electrons. The third-order valence-corrected chi connectivity index (χ3v) is 8.11. The van der Waals surface area contributed by atoms with Crippen LogP contribution in [-0.2, 0) is 20.2 Å². The molecule has 2 aliphatic rings. The molecule has 1 aliphatic heterocycles. The van der Waals surface area contributed by atoms with Gasteiger partial charge in [-0.15, -0.1) is 0 Å². The summed E-state index contributed by atoms with van der Waals surface area (Å²) in [6.07, 6.45) is 0.968. The molecular weight excluding hydrogens is 360 g/mol. The maximum atomic E-state index is 13.3. The fourth-order valence-corrected chi connectivity index (χ4v) is 5.80. The van der Waals surface area contributed by atoms with Crippen LogP contribution in [0.15, 0.2) is 17.0 Å². The van der Waals surface area contributed by atoms with Gasteiger partial charge in [0, 0.05) is 32.1 Å². The van der Waals surface area contributed by atoms with E-state index in [1.165, 1.54) is 0 Å². The topological polar surface area (TPSA) is 57.7 Å². The van der Waals surface area contributed by atoms with E-state index in [0.717, 1.165) is 23.1 Å². The van der Waals surface area contributed by atoms with Crippen molar-refractivity contribution in [2.75, 3.05) is 26.2 Å². The number of amides is 1. The van der Waals surface area contributed by atoms with Crippen LogP contribution in [0, 0.1) is 25.7 Å². The lowest BCUT2D eigenvalue weighted by molar-refractivity contribution is -0.134. The first-order valence-electron chi connectivity index (χ1n) is 9.83. The molecular formula is C21H32N2O3S. The van der Waals surface area contributed by atoms with Crippen molar-refractivity contribution in [2.45, 2.75) is 58.3 Å². The van der Waals surface area contributed by atoms with E-state index in [1.54, 1.807) is 4.31 Å². The van der Waals surface area contributed by atoms with Crippen LogP contribution >= 0.6 is 0 Å². The molecule has 1 amide bonds. The summed E-state index contributed by atoms with van der Waals surface area (Å²) < 4.78 is 28.1. The number of hydrogen-bond donors (Lipinski definition) is 0. The summed E-state index contributed by atoms with van der Waals surface area (Å²) in [5.74, 6) is 0.829. The lowest BCUT2D eigenvalue weighted by Gasteiger charge is -2.35. The first-order chi connectivity index (χ1) is 12.4. The monoisotopic (exact) mass is 392 g/mol. The van der Waals surface area contributed by atoms with E-state index in [-0.39, 0.29) is 17.2 Å². The van der Waals surface area contributed by atoms with Crippen molar-refractivity contribution in [1.82, 2.24) is 9.21 Å². The van der Waals surface area contributed by atoms with E-state index in [9.17, 15) is 13.2 Å². The van der Waals surface area contributed by atoms with Crippen LogP contribution in [0.1, 0.15) is 50.8 Å². The highest BCUT2D eigenvalue weighted by Crippen LogP contribution is 2.39. The lowest BCUT2D eigenvalue weighted by Crippen LogP contribution is -2.51. The van der Waals surface area contributed by atoms with Crippen molar-refractivity contribution >= 4 is 15.9 Å². The van der Waals surface area contributed by atoms with Gasteiger partial charge in [0.05, 0.1) is 4.90 Å². The third kappa shape index (κ3) is 3.92. The van der Waals surface area contributed by atoms with E-state index >= 15 is 0 Å². The van der Waals surface area contributed by atoms with Crippen LogP contribution < -0.4 is 0 Å². The summed E-state index contributed by atoms with van der Waals surface area (Å²) in [5.41, 5.74) is 2.71. The predicted molar refractivity (Wildman–Crippen MR) is 107 cm³/mol. The van der Waals surface area contributed by atoms with E-state index in [4.69, 9.17) is 0 Å². The Kier molecular flexibility index (Phi) is 5.19. The Bertz CT molecular complexity index is 824. The summed E-state index contributed by atoms with van der Waals surface area (Å²) in [5, 5.41) is 0. The van der Waals surface area contributed by atoms with Crippen LogP contribution in [-0.4, -0.2) is 49.7 Å². The fraction of sp³-hybridized carbons (Fsp3) is 0.667. The van der Waals surface area contributed by atoms with Gasteiger partial charge in [0.25, 0.3) is 0 Å². The van der Waals surface area contributed by atoms with Gasteiger partial charge >= 0.3 is 0 Å². The van der Waals surface area contributed by atoms with Gasteiger partial charge < -0.3 is 4.90 Å². The second kappa shape index (κ2) is 6.89. The van der Waals surface area contributed by atoms with Crippen LogP contribution in [0.5, 0.6) is 0 Å². The Balaban J connectivity index is 1.79. The van der Waals surface area contributed by atoms with Crippen molar-refractivity contribution in [3.05, 3.63) is 28.8 Å². The number of rotatable bonds is 3. The van der Waals surface area contributed by atoms with Crippen molar-refractivity contribution in [3.63, 3.8) is 0 Å². The molecule has 0 radical (unpaired) electrons. The first kappa shape index (κ1) is 20.3. The molecule has 0 N–H and O–H groups in total. The Morgan fingerprint density at radius 1 is 1.04 bits per heavy atom. The van der Waals surface area contributed by atoms with Crippen LogP contribution in [0.4, 0.5) is 0 Å². The minimum absolute atomic E-state index is 0.0241. The first-order valence-corrected chi connectivity index (χ1v) is 11.3. The largest absolute Gasteiger partial charge is 0.340 e. The molecule has 1 aromatic carbocycles.